The van der Waals surface area contributed by atoms with Crippen LogP contribution in [0.1, 0.15) is 12.8 Å². The lowest BCUT2D eigenvalue weighted by Gasteiger charge is -2.07. The molecule has 0 heterocycles. The van der Waals surface area contributed by atoms with Crippen LogP contribution in [0.15, 0.2) is 0 Å². The number of nitrogens with zero attached hydrogens (tertiary/aromatic N) is 1. The SMILES string of the molecule is N#CCCNC(=O)[C@@H](Br)CCBr. The van der Waals surface area contributed by atoms with Gasteiger partial charge < -0.3 is 5.32 Å². The number of nitriles is 1. The summed E-state index contributed by atoms with van der Waals surface area (Å²) < 4.78 is 0. The fourth-order valence-corrected chi connectivity index (χ4v) is 2.04. The Bertz CT molecular complexity index is 179. The summed E-state index contributed by atoms with van der Waals surface area (Å²) in [7, 11) is 0. The summed E-state index contributed by atoms with van der Waals surface area (Å²) in [4.78, 5) is 11.0. The molecule has 0 fully saturated rings. The van der Waals surface area contributed by atoms with Gasteiger partial charge in [-0.05, 0) is 6.42 Å². The Labute approximate surface area is 88.8 Å². The van der Waals surface area contributed by atoms with Gasteiger partial charge in [0.15, 0.2) is 0 Å². The van der Waals surface area contributed by atoms with Crippen molar-refractivity contribution in [3.63, 3.8) is 0 Å². The number of alkyl halides is 2. The molecule has 68 valence electrons. The molecule has 12 heavy (non-hydrogen) atoms. The Morgan fingerprint density at radius 3 is 2.83 bits per heavy atom. The van der Waals surface area contributed by atoms with Crippen molar-refractivity contribution in [2.24, 2.45) is 0 Å². The van der Waals surface area contributed by atoms with Crippen molar-refractivity contribution >= 4 is 37.8 Å². The van der Waals surface area contributed by atoms with Gasteiger partial charge in [0.05, 0.1) is 17.3 Å². The van der Waals surface area contributed by atoms with Crippen LogP contribution in [-0.2, 0) is 4.79 Å². The van der Waals surface area contributed by atoms with Gasteiger partial charge in [-0.2, -0.15) is 5.26 Å². The molecule has 3 nitrogen and oxygen atoms in total. The van der Waals surface area contributed by atoms with E-state index in [1.165, 1.54) is 0 Å². The second-order valence-electron chi connectivity index (χ2n) is 2.14. The molecule has 0 aromatic rings. The van der Waals surface area contributed by atoms with Gasteiger partial charge >= 0.3 is 0 Å². The van der Waals surface area contributed by atoms with Gasteiger partial charge in [0.1, 0.15) is 0 Å². The Morgan fingerprint density at radius 1 is 1.67 bits per heavy atom. The maximum atomic E-state index is 11.1. The van der Waals surface area contributed by atoms with Crippen LogP contribution >= 0.6 is 31.9 Å². The van der Waals surface area contributed by atoms with Crippen molar-refractivity contribution < 1.29 is 4.79 Å². The zero-order valence-corrected chi connectivity index (χ0v) is 9.69. The van der Waals surface area contributed by atoms with Crippen LogP contribution in [0.3, 0.4) is 0 Å². The molecule has 0 radical (unpaired) electrons. The molecule has 0 aliphatic carbocycles. The van der Waals surface area contributed by atoms with Crippen molar-refractivity contribution in [2.75, 3.05) is 11.9 Å². The number of carbonyl (C=O) groups excluding carboxylic acids is 1. The molecule has 0 aromatic heterocycles. The van der Waals surface area contributed by atoms with E-state index in [9.17, 15) is 4.79 Å². The largest absolute Gasteiger partial charge is 0.354 e. The molecule has 0 saturated carbocycles. The Kier molecular flexibility index (Phi) is 7.51. The number of hydrogen-bond donors (Lipinski definition) is 1. The van der Waals surface area contributed by atoms with Gasteiger partial charge in [-0.3, -0.25) is 4.79 Å². The lowest BCUT2D eigenvalue weighted by Crippen LogP contribution is -2.31. The van der Waals surface area contributed by atoms with Crippen molar-refractivity contribution in [1.82, 2.24) is 5.32 Å². The average molecular weight is 298 g/mol. The van der Waals surface area contributed by atoms with Gasteiger partial charge in [-0.1, -0.05) is 31.9 Å². The zero-order valence-electron chi connectivity index (χ0n) is 6.52. The molecule has 0 unspecified atom stereocenters. The molecule has 0 aliphatic rings. The van der Waals surface area contributed by atoms with E-state index in [0.717, 1.165) is 11.8 Å². The van der Waals surface area contributed by atoms with Crippen molar-refractivity contribution in [2.45, 2.75) is 17.7 Å². The molecule has 0 saturated heterocycles. The van der Waals surface area contributed by atoms with Gasteiger partial charge in [0.25, 0.3) is 0 Å². The van der Waals surface area contributed by atoms with Crippen molar-refractivity contribution in [1.29, 1.82) is 5.26 Å². The number of nitrogens with one attached hydrogen (secondary N) is 1. The number of hydrogen-bond acceptors (Lipinski definition) is 2. The molecular weight excluding hydrogens is 288 g/mol. The summed E-state index contributed by atoms with van der Waals surface area (Å²) in [5.74, 6) is -0.0512. The molecule has 1 amide bonds. The van der Waals surface area contributed by atoms with E-state index in [1.807, 2.05) is 6.07 Å². The maximum Gasteiger partial charge on any atom is 0.233 e. The minimum absolute atomic E-state index is 0.0512. The minimum Gasteiger partial charge on any atom is -0.354 e. The summed E-state index contributed by atoms with van der Waals surface area (Å²) in [5, 5.41) is 11.6. The van der Waals surface area contributed by atoms with Crippen LogP contribution in [0.5, 0.6) is 0 Å². The van der Waals surface area contributed by atoms with Crippen LogP contribution in [0.2, 0.25) is 0 Å². The van der Waals surface area contributed by atoms with Crippen LogP contribution in [0.25, 0.3) is 0 Å². The topological polar surface area (TPSA) is 52.9 Å². The normalized spacial score (nSPS) is 11.8. The van der Waals surface area contributed by atoms with Gasteiger partial charge in [-0.15, -0.1) is 0 Å². The molecule has 1 atom stereocenters. The summed E-state index contributed by atoms with van der Waals surface area (Å²) in [5.41, 5.74) is 0. The van der Waals surface area contributed by atoms with E-state index in [4.69, 9.17) is 5.26 Å². The first-order valence-corrected chi connectivity index (χ1v) is 5.60. The second kappa shape index (κ2) is 7.56. The third-order valence-corrected chi connectivity index (χ3v) is 2.51. The second-order valence-corrected chi connectivity index (χ2v) is 4.04. The van der Waals surface area contributed by atoms with E-state index in [-0.39, 0.29) is 10.7 Å². The van der Waals surface area contributed by atoms with Gasteiger partial charge in [0.2, 0.25) is 5.91 Å². The van der Waals surface area contributed by atoms with Crippen molar-refractivity contribution in [3.05, 3.63) is 0 Å². The van der Waals surface area contributed by atoms with Crippen molar-refractivity contribution in [3.8, 4) is 6.07 Å². The molecule has 0 spiro atoms. The van der Waals surface area contributed by atoms with E-state index in [2.05, 4.69) is 37.2 Å². The van der Waals surface area contributed by atoms with Crippen LogP contribution < -0.4 is 5.32 Å². The predicted molar refractivity (Wildman–Crippen MR) is 54.4 cm³/mol. The molecule has 0 bridgehead atoms. The number of halogens is 2. The highest BCUT2D eigenvalue weighted by Crippen LogP contribution is 2.06. The Balaban J connectivity index is 3.51. The van der Waals surface area contributed by atoms with Gasteiger partial charge in [-0.25, -0.2) is 0 Å². The number of rotatable bonds is 5. The van der Waals surface area contributed by atoms with Gasteiger partial charge in [0, 0.05) is 11.9 Å². The van der Waals surface area contributed by atoms with Crippen LogP contribution in [0.4, 0.5) is 0 Å². The Morgan fingerprint density at radius 2 is 2.33 bits per heavy atom. The third kappa shape index (κ3) is 5.56. The molecule has 0 aliphatic heterocycles. The fraction of sp³-hybridized carbons (Fsp3) is 0.714. The quantitative estimate of drug-likeness (QED) is 0.618. The van der Waals surface area contributed by atoms with E-state index >= 15 is 0 Å². The molecule has 0 aromatic carbocycles. The smallest absolute Gasteiger partial charge is 0.233 e. The first-order valence-electron chi connectivity index (χ1n) is 3.57. The standard InChI is InChI=1S/C7H10Br2N2O/c8-3-2-6(9)7(12)11-5-1-4-10/h6H,1-3,5H2,(H,11,12)/t6-/m0/s1. The Hall–Kier alpha value is -0.0800. The maximum absolute atomic E-state index is 11.1. The molecule has 1 N–H and O–H groups in total. The average Bonchev–Trinajstić information content (AvgIpc) is 2.05. The highest BCUT2D eigenvalue weighted by atomic mass is 79.9. The lowest BCUT2D eigenvalue weighted by atomic mass is 10.3. The highest BCUT2D eigenvalue weighted by Gasteiger charge is 2.12. The lowest BCUT2D eigenvalue weighted by molar-refractivity contribution is -0.120. The van der Waals surface area contributed by atoms with E-state index in [0.29, 0.717) is 13.0 Å². The number of carbonyl (C=O) groups is 1. The summed E-state index contributed by atoms with van der Waals surface area (Å²) in [6, 6.07) is 1.95. The third-order valence-electron chi connectivity index (χ3n) is 1.18. The van der Waals surface area contributed by atoms with E-state index in [1.54, 1.807) is 0 Å². The minimum atomic E-state index is -0.157. The van der Waals surface area contributed by atoms with Crippen LogP contribution in [-0.4, -0.2) is 22.6 Å². The zero-order chi connectivity index (χ0) is 9.40. The number of amides is 1. The summed E-state index contributed by atoms with van der Waals surface area (Å²) in [6.45, 7) is 0.430. The molecule has 0 rings (SSSR count). The predicted octanol–water partition coefficient (Wildman–Crippen LogP) is 1.56. The highest BCUT2D eigenvalue weighted by molar-refractivity contribution is 9.10. The summed E-state index contributed by atoms with van der Waals surface area (Å²) >= 11 is 6.47. The molecule has 5 heteroatoms. The van der Waals surface area contributed by atoms with E-state index < -0.39 is 0 Å². The summed E-state index contributed by atoms with van der Waals surface area (Å²) in [6.07, 6.45) is 1.11. The monoisotopic (exact) mass is 296 g/mol. The van der Waals surface area contributed by atoms with Crippen LogP contribution in [0, 0.1) is 11.3 Å². The molecular formula is C7H10Br2N2O. The first kappa shape index (κ1) is 11.9. The fourth-order valence-electron chi connectivity index (χ4n) is 0.579. The first-order chi connectivity index (χ1) is 5.72.